The summed E-state index contributed by atoms with van der Waals surface area (Å²) in [6.45, 7) is 3.61. The zero-order valence-electron chi connectivity index (χ0n) is 13.3. The SMILES string of the molecule is CC(C)O[C@H]1CCCC[C@@H]1NC(=O)c1c(F)c(F)c(F)c(F)c1F. The summed E-state index contributed by atoms with van der Waals surface area (Å²) in [7, 11) is 0. The van der Waals surface area contributed by atoms with Crippen LogP contribution in [0.15, 0.2) is 0 Å². The lowest BCUT2D eigenvalue weighted by atomic mass is 9.92. The molecule has 0 bridgehead atoms. The number of hydrogen-bond donors (Lipinski definition) is 1. The molecule has 0 unspecified atom stereocenters. The van der Waals surface area contributed by atoms with Crippen LogP contribution in [0.2, 0.25) is 0 Å². The van der Waals surface area contributed by atoms with E-state index >= 15 is 0 Å². The molecule has 0 heterocycles. The molecule has 1 aromatic carbocycles. The van der Waals surface area contributed by atoms with Gasteiger partial charge in [0.15, 0.2) is 23.3 Å². The zero-order valence-corrected chi connectivity index (χ0v) is 13.3. The van der Waals surface area contributed by atoms with E-state index in [9.17, 15) is 26.7 Å². The molecule has 134 valence electrons. The standard InChI is InChI=1S/C16H18F5NO2/c1-7(2)24-9-6-4-3-5-8(9)22-16(23)10-11(17)13(19)15(21)14(20)12(10)18/h7-9H,3-6H2,1-2H3,(H,22,23)/t8-,9-/m0/s1. The zero-order chi connectivity index (χ0) is 18.0. The summed E-state index contributed by atoms with van der Waals surface area (Å²) in [5, 5.41) is 2.35. The molecule has 1 fully saturated rings. The first-order valence-electron chi connectivity index (χ1n) is 7.71. The molecule has 0 aliphatic heterocycles. The van der Waals surface area contributed by atoms with Crippen molar-refractivity contribution in [3.05, 3.63) is 34.6 Å². The van der Waals surface area contributed by atoms with Crippen molar-refractivity contribution in [2.45, 2.75) is 57.8 Å². The Hall–Kier alpha value is -1.70. The van der Waals surface area contributed by atoms with E-state index in [1.54, 1.807) is 13.8 Å². The van der Waals surface area contributed by atoms with Crippen molar-refractivity contribution in [3.63, 3.8) is 0 Å². The van der Waals surface area contributed by atoms with Gasteiger partial charge in [-0.3, -0.25) is 4.79 Å². The average molecular weight is 351 g/mol. The van der Waals surface area contributed by atoms with E-state index < -0.39 is 46.6 Å². The van der Waals surface area contributed by atoms with Gasteiger partial charge < -0.3 is 10.1 Å². The number of hydrogen-bond acceptors (Lipinski definition) is 2. The summed E-state index contributed by atoms with van der Waals surface area (Å²) in [4.78, 5) is 12.1. The predicted molar refractivity (Wildman–Crippen MR) is 76.0 cm³/mol. The Bertz CT molecular complexity index is 606. The van der Waals surface area contributed by atoms with Crippen LogP contribution in [0.1, 0.15) is 49.9 Å². The fourth-order valence-corrected chi connectivity index (χ4v) is 2.82. The van der Waals surface area contributed by atoms with Gasteiger partial charge in [0, 0.05) is 0 Å². The van der Waals surface area contributed by atoms with Gasteiger partial charge in [-0.1, -0.05) is 12.8 Å². The molecule has 0 spiro atoms. The lowest BCUT2D eigenvalue weighted by molar-refractivity contribution is -0.0296. The quantitative estimate of drug-likeness (QED) is 0.508. The van der Waals surface area contributed by atoms with E-state index in [4.69, 9.17) is 4.74 Å². The van der Waals surface area contributed by atoms with Crippen molar-refractivity contribution < 1.29 is 31.5 Å². The van der Waals surface area contributed by atoms with Gasteiger partial charge in [0.25, 0.3) is 5.91 Å². The minimum Gasteiger partial charge on any atom is -0.373 e. The molecule has 1 amide bonds. The highest BCUT2D eigenvalue weighted by Crippen LogP contribution is 2.25. The van der Waals surface area contributed by atoms with Crippen molar-refractivity contribution in [2.75, 3.05) is 0 Å². The van der Waals surface area contributed by atoms with Crippen LogP contribution in [0, 0.1) is 29.1 Å². The molecule has 3 nitrogen and oxygen atoms in total. The molecule has 0 aromatic heterocycles. The molecular formula is C16H18F5NO2. The minimum atomic E-state index is -2.29. The van der Waals surface area contributed by atoms with Gasteiger partial charge in [0.1, 0.15) is 5.56 Å². The lowest BCUT2D eigenvalue weighted by Crippen LogP contribution is -2.47. The number of amides is 1. The Morgan fingerprint density at radius 3 is 2.00 bits per heavy atom. The topological polar surface area (TPSA) is 38.3 Å². The van der Waals surface area contributed by atoms with Crippen LogP contribution >= 0.6 is 0 Å². The van der Waals surface area contributed by atoms with Crippen LogP contribution in [0.3, 0.4) is 0 Å². The van der Waals surface area contributed by atoms with Crippen LogP contribution in [0.25, 0.3) is 0 Å². The van der Waals surface area contributed by atoms with Gasteiger partial charge in [0.05, 0.1) is 18.2 Å². The van der Waals surface area contributed by atoms with Gasteiger partial charge >= 0.3 is 0 Å². The second-order valence-corrected chi connectivity index (χ2v) is 6.03. The maximum atomic E-state index is 13.7. The fourth-order valence-electron chi connectivity index (χ4n) is 2.82. The predicted octanol–water partition coefficient (Wildman–Crippen LogP) is 3.85. The first kappa shape index (κ1) is 18.6. The molecule has 2 atom stereocenters. The molecule has 24 heavy (non-hydrogen) atoms. The summed E-state index contributed by atoms with van der Waals surface area (Å²) < 4.78 is 72.6. The molecule has 1 aliphatic carbocycles. The van der Waals surface area contributed by atoms with E-state index in [1.807, 2.05) is 0 Å². The third-order valence-electron chi connectivity index (χ3n) is 3.90. The highest BCUT2D eigenvalue weighted by atomic mass is 19.2. The monoisotopic (exact) mass is 351 g/mol. The van der Waals surface area contributed by atoms with Crippen molar-refractivity contribution in [2.24, 2.45) is 0 Å². The van der Waals surface area contributed by atoms with Crippen LogP contribution in [0.4, 0.5) is 22.0 Å². The molecule has 0 radical (unpaired) electrons. The molecule has 2 rings (SSSR count). The normalized spacial score (nSPS) is 21.2. The number of benzene rings is 1. The Balaban J connectivity index is 2.26. The summed E-state index contributed by atoms with van der Waals surface area (Å²) in [5.74, 6) is -12.2. The highest BCUT2D eigenvalue weighted by Gasteiger charge is 2.33. The summed E-state index contributed by atoms with van der Waals surface area (Å²) >= 11 is 0. The summed E-state index contributed by atoms with van der Waals surface area (Å²) in [5.41, 5.74) is -1.47. The molecule has 1 aliphatic rings. The number of halogens is 5. The van der Waals surface area contributed by atoms with E-state index in [2.05, 4.69) is 5.32 Å². The van der Waals surface area contributed by atoms with Crippen molar-refractivity contribution in [1.82, 2.24) is 5.32 Å². The first-order chi connectivity index (χ1) is 11.2. The smallest absolute Gasteiger partial charge is 0.257 e. The Morgan fingerprint density at radius 1 is 0.958 bits per heavy atom. The Labute approximate surface area is 136 Å². The molecule has 8 heteroatoms. The minimum absolute atomic E-state index is 0.123. The molecule has 1 aromatic rings. The van der Waals surface area contributed by atoms with E-state index in [-0.39, 0.29) is 12.2 Å². The Morgan fingerprint density at radius 2 is 1.46 bits per heavy atom. The largest absolute Gasteiger partial charge is 0.373 e. The Kier molecular flexibility index (Phi) is 5.79. The van der Waals surface area contributed by atoms with E-state index in [1.165, 1.54) is 0 Å². The second kappa shape index (κ2) is 7.46. The van der Waals surface area contributed by atoms with Crippen molar-refractivity contribution in [1.29, 1.82) is 0 Å². The fraction of sp³-hybridized carbons (Fsp3) is 0.562. The number of carbonyl (C=O) groups is 1. The summed E-state index contributed by atoms with van der Waals surface area (Å²) in [6, 6.07) is -0.552. The average Bonchev–Trinajstić information content (AvgIpc) is 2.52. The first-order valence-corrected chi connectivity index (χ1v) is 7.71. The van der Waals surface area contributed by atoms with Crippen LogP contribution in [0.5, 0.6) is 0 Å². The van der Waals surface area contributed by atoms with Crippen molar-refractivity contribution in [3.8, 4) is 0 Å². The molecular weight excluding hydrogens is 333 g/mol. The molecule has 1 saturated carbocycles. The van der Waals surface area contributed by atoms with E-state index in [0.29, 0.717) is 12.8 Å². The lowest BCUT2D eigenvalue weighted by Gasteiger charge is -2.33. The maximum Gasteiger partial charge on any atom is 0.257 e. The van der Waals surface area contributed by atoms with E-state index in [0.717, 1.165) is 12.8 Å². The number of rotatable bonds is 4. The third-order valence-corrected chi connectivity index (χ3v) is 3.90. The summed E-state index contributed by atoms with van der Waals surface area (Å²) in [6.07, 6.45) is 2.27. The second-order valence-electron chi connectivity index (χ2n) is 6.03. The van der Waals surface area contributed by atoms with Gasteiger partial charge in [-0.15, -0.1) is 0 Å². The number of nitrogens with one attached hydrogen (secondary N) is 1. The van der Waals surface area contributed by atoms with Gasteiger partial charge in [-0.05, 0) is 26.7 Å². The molecule has 0 saturated heterocycles. The van der Waals surface area contributed by atoms with Crippen LogP contribution in [-0.2, 0) is 4.74 Å². The van der Waals surface area contributed by atoms with Gasteiger partial charge in [0.2, 0.25) is 5.82 Å². The highest BCUT2D eigenvalue weighted by molar-refractivity contribution is 5.95. The number of carbonyl (C=O) groups excluding carboxylic acids is 1. The van der Waals surface area contributed by atoms with Crippen LogP contribution in [-0.4, -0.2) is 24.2 Å². The van der Waals surface area contributed by atoms with Gasteiger partial charge in [-0.25, -0.2) is 22.0 Å². The number of ether oxygens (including phenoxy) is 1. The van der Waals surface area contributed by atoms with Crippen molar-refractivity contribution >= 4 is 5.91 Å². The maximum absolute atomic E-state index is 13.7. The van der Waals surface area contributed by atoms with Gasteiger partial charge in [-0.2, -0.15) is 0 Å². The van der Waals surface area contributed by atoms with Crippen LogP contribution < -0.4 is 5.32 Å². The third kappa shape index (κ3) is 3.68. The molecule has 1 N–H and O–H groups in total.